The molecule has 290 valence electrons. The van der Waals surface area contributed by atoms with Crippen LogP contribution in [0.25, 0.3) is 60.9 Å². The van der Waals surface area contributed by atoms with E-state index in [1.54, 1.807) is 5.57 Å². The van der Waals surface area contributed by atoms with E-state index in [-0.39, 0.29) is 5.41 Å². The van der Waals surface area contributed by atoms with Crippen LogP contribution < -0.4 is 4.90 Å². The van der Waals surface area contributed by atoms with Crippen molar-refractivity contribution in [2.75, 3.05) is 4.90 Å². The van der Waals surface area contributed by atoms with Crippen LogP contribution in [-0.2, 0) is 10.8 Å². The third-order valence-corrected chi connectivity index (χ3v) is 14.5. The van der Waals surface area contributed by atoms with E-state index in [0.717, 1.165) is 45.4 Å². The number of fused-ring (bicyclic) bond motifs is 16. The summed E-state index contributed by atoms with van der Waals surface area (Å²) in [5.74, 6) is 0.508. The molecule has 0 saturated carbocycles. The molecule has 1 heterocycles. The number of hydrogen-bond donors (Lipinski definition) is 0. The first-order valence-corrected chi connectivity index (χ1v) is 21.7. The zero-order valence-electron chi connectivity index (χ0n) is 34.5. The molecule has 2 heteroatoms. The number of furan rings is 1. The number of anilines is 3. The molecule has 13 rings (SSSR count). The normalized spacial score (nSPS) is 17.0. The topological polar surface area (TPSA) is 16.4 Å². The highest BCUT2D eigenvalue weighted by molar-refractivity contribution is 6.16. The SMILES string of the molecule is CC1CC=CC2=C1C(C)(C)c1cc(N(c3ccc(-c4ccccc4)cc3)c3cccc4c3oc3c5c(ccc34)C3(c4ccccc4-c4ccccc43)c3ccccc3-5)ccc12. The Kier molecular flexibility index (Phi) is 7.07. The van der Waals surface area contributed by atoms with E-state index in [1.807, 2.05) is 0 Å². The van der Waals surface area contributed by atoms with Gasteiger partial charge in [-0.05, 0) is 115 Å². The van der Waals surface area contributed by atoms with Crippen molar-refractivity contribution in [2.24, 2.45) is 5.92 Å². The molecule has 0 aliphatic heterocycles. The van der Waals surface area contributed by atoms with Gasteiger partial charge in [-0.1, -0.05) is 179 Å². The first kappa shape index (κ1) is 34.7. The van der Waals surface area contributed by atoms with E-state index in [1.165, 1.54) is 72.3 Å². The largest absolute Gasteiger partial charge is 0.453 e. The average Bonchev–Trinajstić information content (AvgIpc) is 4.00. The predicted octanol–water partition coefficient (Wildman–Crippen LogP) is 15.7. The van der Waals surface area contributed by atoms with E-state index in [9.17, 15) is 0 Å². The molecule has 0 radical (unpaired) electrons. The van der Waals surface area contributed by atoms with Crippen molar-refractivity contribution in [2.45, 2.75) is 38.0 Å². The maximum atomic E-state index is 7.44. The molecular weight excluding hydrogens is 739 g/mol. The fourth-order valence-electron chi connectivity index (χ4n) is 12.1. The maximum Gasteiger partial charge on any atom is 0.159 e. The van der Waals surface area contributed by atoms with Crippen LogP contribution in [0.15, 0.2) is 198 Å². The number of nitrogens with zero attached hydrogens (tertiary/aromatic N) is 1. The first-order chi connectivity index (χ1) is 29.9. The molecule has 4 aliphatic carbocycles. The number of benzene rings is 8. The summed E-state index contributed by atoms with van der Waals surface area (Å²) in [6.07, 6.45) is 5.80. The minimum Gasteiger partial charge on any atom is -0.453 e. The Balaban J connectivity index is 1.05. The number of rotatable bonds is 4. The lowest BCUT2D eigenvalue weighted by Gasteiger charge is -2.31. The number of para-hydroxylation sites is 1. The summed E-state index contributed by atoms with van der Waals surface area (Å²) in [7, 11) is 0. The van der Waals surface area contributed by atoms with Crippen molar-refractivity contribution in [1.29, 1.82) is 0 Å². The van der Waals surface area contributed by atoms with Gasteiger partial charge in [0, 0.05) is 33.1 Å². The van der Waals surface area contributed by atoms with E-state index in [4.69, 9.17) is 4.42 Å². The van der Waals surface area contributed by atoms with Crippen LogP contribution in [0.3, 0.4) is 0 Å². The minimum absolute atomic E-state index is 0.0829. The van der Waals surface area contributed by atoms with Gasteiger partial charge in [0.15, 0.2) is 5.58 Å². The van der Waals surface area contributed by atoms with Crippen molar-refractivity contribution in [1.82, 2.24) is 0 Å². The Morgan fingerprint density at radius 3 is 1.87 bits per heavy atom. The summed E-state index contributed by atoms with van der Waals surface area (Å²) in [6, 6.07) is 65.2. The van der Waals surface area contributed by atoms with Gasteiger partial charge in [0.2, 0.25) is 0 Å². The molecule has 0 saturated heterocycles. The van der Waals surface area contributed by atoms with Crippen LogP contribution in [0, 0.1) is 5.92 Å². The molecule has 61 heavy (non-hydrogen) atoms. The fourth-order valence-corrected chi connectivity index (χ4v) is 12.1. The molecule has 2 nitrogen and oxygen atoms in total. The molecule has 1 aromatic heterocycles. The lowest BCUT2D eigenvalue weighted by atomic mass is 9.70. The maximum absolute atomic E-state index is 7.44. The van der Waals surface area contributed by atoms with Crippen molar-refractivity contribution >= 4 is 44.6 Å². The van der Waals surface area contributed by atoms with Crippen LogP contribution in [0.5, 0.6) is 0 Å². The first-order valence-electron chi connectivity index (χ1n) is 21.7. The highest BCUT2D eigenvalue weighted by Gasteiger charge is 2.52. The van der Waals surface area contributed by atoms with Crippen LogP contribution in [-0.4, -0.2) is 0 Å². The summed E-state index contributed by atoms with van der Waals surface area (Å²) in [6.45, 7) is 7.22. The molecular formula is C59H43NO. The van der Waals surface area contributed by atoms with Gasteiger partial charge >= 0.3 is 0 Å². The lowest BCUT2D eigenvalue weighted by Crippen LogP contribution is -2.25. The van der Waals surface area contributed by atoms with E-state index < -0.39 is 5.41 Å². The Labute approximate surface area is 356 Å². The molecule has 1 unspecified atom stereocenters. The van der Waals surface area contributed by atoms with Gasteiger partial charge in [0.1, 0.15) is 5.58 Å². The van der Waals surface area contributed by atoms with Gasteiger partial charge in [0.05, 0.1) is 11.1 Å². The highest BCUT2D eigenvalue weighted by atomic mass is 16.3. The van der Waals surface area contributed by atoms with Gasteiger partial charge in [0.25, 0.3) is 0 Å². The van der Waals surface area contributed by atoms with Gasteiger partial charge < -0.3 is 9.32 Å². The highest BCUT2D eigenvalue weighted by Crippen LogP contribution is 2.64. The van der Waals surface area contributed by atoms with Crippen LogP contribution >= 0.6 is 0 Å². The number of hydrogen-bond acceptors (Lipinski definition) is 2. The Morgan fingerprint density at radius 1 is 0.508 bits per heavy atom. The van der Waals surface area contributed by atoms with Crippen molar-refractivity contribution in [3.63, 3.8) is 0 Å². The summed E-state index contributed by atoms with van der Waals surface area (Å²) < 4.78 is 7.44. The van der Waals surface area contributed by atoms with Crippen molar-refractivity contribution in [3.05, 3.63) is 227 Å². The Hall–Kier alpha value is -7.16. The van der Waals surface area contributed by atoms with Crippen molar-refractivity contribution in [3.8, 4) is 33.4 Å². The van der Waals surface area contributed by atoms with Crippen LogP contribution in [0.1, 0.15) is 60.6 Å². The Bertz CT molecular complexity index is 3330. The smallest absolute Gasteiger partial charge is 0.159 e. The molecule has 0 N–H and O–H groups in total. The van der Waals surface area contributed by atoms with Gasteiger partial charge in [-0.2, -0.15) is 0 Å². The molecule has 4 aliphatic rings. The number of allylic oxidation sites excluding steroid dienone is 4. The predicted molar refractivity (Wildman–Crippen MR) is 253 cm³/mol. The summed E-state index contributed by atoms with van der Waals surface area (Å²) in [5, 5.41) is 2.25. The summed E-state index contributed by atoms with van der Waals surface area (Å²) >= 11 is 0. The standard InChI is InChI=1S/C59H43NO/c1-36-15-13-21-44-43-32-31-40(35-52(43)58(2,3)55(36)44)60(39-29-27-38(28-30-39)37-16-5-4-6-17-37)53-26-14-22-45-46-33-34-51-54(57(46)61-56(45)53)47-20-9-12-25-50(47)59(51)48-23-10-7-18-41(48)42-19-8-11-24-49(42)59/h4-14,16-36H,15H2,1-3H3. The zero-order chi connectivity index (χ0) is 40.6. The van der Waals surface area contributed by atoms with Gasteiger partial charge in [-0.3, -0.25) is 0 Å². The second-order valence-electron chi connectivity index (χ2n) is 18.0. The summed E-state index contributed by atoms with van der Waals surface area (Å²) in [5.41, 5.74) is 23.0. The summed E-state index contributed by atoms with van der Waals surface area (Å²) in [4.78, 5) is 2.42. The van der Waals surface area contributed by atoms with Gasteiger partial charge in [-0.25, -0.2) is 0 Å². The second-order valence-corrected chi connectivity index (χ2v) is 18.0. The monoisotopic (exact) mass is 781 g/mol. The van der Waals surface area contributed by atoms with Crippen LogP contribution in [0.2, 0.25) is 0 Å². The van der Waals surface area contributed by atoms with E-state index in [2.05, 4.69) is 214 Å². The lowest BCUT2D eigenvalue weighted by molar-refractivity contribution is 0.530. The Morgan fingerprint density at radius 2 is 1.13 bits per heavy atom. The quantitative estimate of drug-likeness (QED) is 0.177. The minimum atomic E-state index is -0.432. The second kappa shape index (κ2) is 12.4. The molecule has 0 fully saturated rings. The third kappa shape index (κ3) is 4.52. The third-order valence-electron chi connectivity index (χ3n) is 14.5. The fraction of sp³-hybridized carbons (Fsp3) is 0.119. The molecule has 1 atom stereocenters. The van der Waals surface area contributed by atoms with Crippen LogP contribution in [0.4, 0.5) is 17.1 Å². The van der Waals surface area contributed by atoms with E-state index in [0.29, 0.717) is 5.92 Å². The van der Waals surface area contributed by atoms with Gasteiger partial charge in [-0.15, -0.1) is 0 Å². The molecule has 8 aromatic carbocycles. The van der Waals surface area contributed by atoms with E-state index >= 15 is 0 Å². The van der Waals surface area contributed by atoms with Crippen molar-refractivity contribution < 1.29 is 4.42 Å². The molecule has 1 spiro atoms. The molecule has 0 bridgehead atoms. The zero-order valence-corrected chi connectivity index (χ0v) is 34.5. The average molecular weight is 782 g/mol. The molecule has 0 amide bonds. The molecule has 9 aromatic rings.